The van der Waals surface area contributed by atoms with Crippen molar-refractivity contribution in [3.8, 4) is 0 Å². The first-order valence-electron chi connectivity index (χ1n) is 4.44. The average molecular weight is 274 g/mol. The van der Waals surface area contributed by atoms with Crippen LogP contribution in [0.25, 0.3) is 0 Å². The van der Waals surface area contributed by atoms with Crippen molar-refractivity contribution < 1.29 is 39.9 Å². The lowest BCUT2D eigenvalue weighted by Crippen LogP contribution is -2.38. The first-order valence-corrected chi connectivity index (χ1v) is 4.44. The number of hydrogen-bond donors (Lipinski definition) is 0. The molecule has 2 atom stereocenters. The third-order valence-electron chi connectivity index (χ3n) is 1.74. The van der Waals surface area contributed by atoms with Crippen molar-refractivity contribution in [3.05, 3.63) is 0 Å². The minimum absolute atomic E-state index is 0.319. The molecule has 104 valence electrons. The van der Waals surface area contributed by atoms with Crippen LogP contribution in [-0.4, -0.2) is 31.0 Å². The van der Waals surface area contributed by atoms with Crippen LogP contribution in [0, 0.1) is 0 Å². The van der Waals surface area contributed by atoms with Crippen LogP contribution in [0.4, 0.5) is 35.1 Å². The third kappa shape index (κ3) is 8.17. The quantitative estimate of drug-likeness (QED) is 0.690. The standard InChI is InChI=1S/C8H10F8O/c1-6(10,5(9)4-8(14,15)16)17-3-2-7(11,12)13/h5H,2-4H2,1H3. The van der Waals surface area contributed by atoms with Gasteiger partial charge in [-0.3, -0.25) is 0 Å². The van der Waals surface area contributed by atoms with E-state index >= 15 is 0 Å². The highest BCUT2D eigenvalue weighted by Gasteiger charge is 2.44. The molecule has 2 unspecified atom stereocenters. The summed E-state index contributed by atoms with van der Waals surface area (Å²) in [6, 6.07) is 0. The van der Waals surface area contributed by atoms with E-state index in [1.165, 1.54) is 0 Å². The highest BCUT2D eigenvalue weighted by atomic mass is 19.4. The zero-order chi connectivity index (χ0) is 13.9. The summed E-state index contributed by atoms with van der Waals surface area (Å²) in [5, 5.41) is 0. The first-order chi connectivity index (χ1) is 7.33. The lowest BCUT2D eigenvalue weighted by atomic mass is 10.1. The zero-order valence-electron chi connectivity index (χ0n) is 8.63. The van der Waals surface area contributed by atoms with Crippen LogP contribution < -0.4 is 0 Å². The van der Waals surface area contributed by atoms with Gasteiger partial charge in [-0.25, -0.2) is 8.78 Å². The van der Waals surface area contributed by atoms with Crippen LogP contribution in [-0.2, 0) is 4.74 Å². The van der Waals surface area contributed by atoms with Gasteiger partial charge in [0.05, 0.1) is 19.4 Å². The molecule has 0 heterocycles. The fourth-order valence-electron chi connectivity index (χ4n) is 0.842. The van der Waals surface area contributed by atoms with Crippen molar-refractivity contribution in [2.45, 2.75) is 44.1 Å². The number of alkyl halides is 8. The maximum atomic E-state index is 13.1. The number of ether oxygens (including phenoxy) is 1. The summed E-state index contributed by atoms with van der Waals surface area (Å²) in [7, 11) is 0. The molecule has 9 heteroatoms. The Hall–Kier alpha value is -0.600. The van der Waals surface area contributed by atoms with E-state index in [1.54, 1.807) is 0 Å². The Morgan fingerprint density at radius 2 is 1.41 bits per heavy atom. The van der Waals surface area contributed by atoms with Gasteiger partial charge in [-0.05, 0) is 6.92 Å². The summed E-state index contributed by atoms with van der Waals surface area (Å²) in [5.41, 5.74) is 0. The van der Waals surface area contributed by atoms with E-state index in [9.17, 15) is 35.1 Å². The summed E-state index contributed by atoms with van der Waals surface area (Å²) in [6.45, 7) is -0.922. The molecule has 0 radical (unpaired) electrons. The molecule has 17 heavy (non-hydrogen) atoms. The van der Waals surface area contributed by atoms with Crippen molar-refractivity contribution in [3.63, 3.8) is 0 Å². The lowest BCUT2D eigenvalue weighted by molar-refractivity contribution is -0.227. The molecule has 0 bridgehead atoms. The molecule has 0 N–H and O–H groups in total. The molecule has 0 aromatic heterocycles. The van der Waals surface area contributed by atoms with Gasteiger partial charge < -0.3 is 4.74 Å². The Kier molecular flexibility index (Phi) is 5.17. The highest BCUT2D eigenvalue weighted by Crippen LogP contribution is 2.32. The SMILES string of the molecule is CC(F)(OCCC(F)(F)F)C(F)CC(F)(F)F. The molecular formula is C8H10F8O. The fraction of sp³-hybridized carbons (Fsp3) is 1.00. The van der Waals surface area contributed by atoms with E-state index in [0.29, 0.717) is 6.92 Å². The van der Waals surface area contributed by atoms with E-state index < -0.39 is 43.8 Å². The van der Waals surface area contributed by atoms with Gasteiger partial charge in [-0.2, -0.15) is 26.3 Å². The second-order valence-electron chi connectivity index (χ2n) is 3.49. The Balaban J connectivity index is 4.19. The first kappa shape index (κ1) is 16.4. The Labute approximate surface area is 91.7 Å². The third-order valence-corrected chi connectivity index (χ3v) is 1.74. The molecule has 0 rings (SSSR count). The van der Waals surface area contributed by atoms with Crippen molar-refractivity contribution >= 4 is 0 Å². The normalized spacial score (nSPS) is 18.9. The van der Waals surface area contributed by atoms with E-state index in [2.05, 4.69) is 4.74 Å². The molecule has 0 saturated carbocycles. The molecule has 0 aromatic rings. The van der Waals surface area contributed by atoms with Gasteiger partial charge in [-0.1, -0.05) is 0 Å². The van der Waals surface area contributed by atoms with Crippen molar-refractivity contribution in [2.75, 3.05) is 6.61 Å². The maximum Gasteiger partial charge on any atom is 0.392 e. The fourth-order valence-corrected chi connectivity index (χ4v) is 0.842. The largest absolute Gasteiger partial charge is 0.392 e. The summed E-state index contributed by atoms with van der Waals surface area (Å²) in [4.78, 5) is 0. The molecule has 0 aliphatic heterocycles. The minimum Gasteiger partial charge on any atom is -0.343 e. The maximum absolute atomic E-state index is 13.1. The van der Waals surface area contributed by atoms with E-state index in [0.717, 1.165) is 0 Å². The van der Waals surface area contributed by atoms with Gasteiger partial charge in [0.15, 0.2) is 6.17 Å². The molecule has 0 spiro atoms. The molecule has 0 saturated heterocycles. The van der Waals surface area contributed by atoms with Crippen LogP contribution in [0.15, 0.2) is 0 Å². The van der Waals surface area contributed by atoms with Crippen LogP contribution in [0.2, 0.25) is 0 Å². The number of hydrogen-bond acceptors (Lipinski definition) is 1. The van der Waals surface area contributed by atoms with E-state index in [-0.39, 0.29) is 0 Å². The summed E-state index contributed by atoms with van der Waals surface area (Å²) < 4.78 is 99.8. The average Bonchev–Trinajstić information content (AvgIpc) is 1.97. The zero-order valence-corrected chi connectivity index (χ0v) is 8.63. The minimum atomic E-state index is -4.96. The van der Waals surface area contributed by atoms with Gasteiger partial charge >= 0.3 is 12.4 Å². The van der Waals surface area contributed by atoms with Gasteiger partial charge in [0.2, 0.25) is 5.85 Å². The number of halogens is 8. The molecule has 0 aromatic carbocycles. The van der Waals surface area contributed by atoms with Crippen LogP contribution in [0.3, 0.4) is 0 Å². The predicted octanol–water partition coefficient (Wildman–Crippen LogP) is 3.93. The predicted molar refractivity (Wildman–Crippen MR) is 41.7 cm³/mol. The molecular weight excluding hydrogens is 264 g/mol. The van der Waals surface area contributed by atoms with Gasteiger partial charge in [-0.15, -0.1) is 0 Å². The Morgan fingerprint density at radius 1 is 0.941 bits per heavy atom. The lowest BCUT2D eigenvalue weighted by Gasteiger charge is -2.25. The molecule has 1 nitrogen and oxygen atoms in total. The molecule has 0 aliphatic rings. The molecule has 0 fully saturated rings. The summed E-state index contributed by atoms with van der Waals surface area (Å²) in [5.74, 6) is -3.40. The summed E-state index contributed by atoms with van der Waals surface area (Å²) in [6.07, 6.45) is -16.4. The van der Waals surface area contributed by atoms with Crippen molar-refractivity contribution in [1.29, 1.82) is 0 Å². The van der Waals surface area contributed by atoms with Crippen LogP contribution in [0.1, 0.15) is 19.8 Å². The second kappa shape index (κ2) is 5.36. The smallest absolute Gasteiger partial charge is 0.343 e. The van der Waals surface area contributed by atoms with Gasteiger partial charge in [0, 0.05) is 0 Å². The van der Waals surface area contributed by atoms with E-state index in [4.69, 9.17) is 0 Å². The Bertz CT molecular complexity index is 231. The van der Waals surface area contributed by atoms with Crippen LogP contribution in [0.5, 0.6) is 0 Å². The van der Waals surface area contributed by atoms with Gasteiger partial charge in [0.25, 0.3) is 0 Å². The number of rotatable bonds is 5. The highest BCUT2D eigenvalue weighted by molar-refractivity contribution is 4.76. The monoisotopic (exact) mass is 274 g/mol. The van der Waals surface area contributed by atoms with Crippen molar-refractivity contribution in [2.24, 2.45) is 0 Å². The molecule has 0 amide bonds. The van der Waals surface area contributed by atoms with Crippen molar-refractivity contribution in [1.82, 2.24) is 0 Å². The topological polar surface area (TPSA) is 9.23 Å². The van der Waals surface area contributed by atoms with E-state index in [1.807, 2.05) is 0 Å². The van der Waals surface area contributed by atoms with Gasteiger partial charge in [0.1, 0.15) is 0 Å². The second-order valence-corrected chi connectivity index (χ2v) is 3.49. The summed E-state index contributed by atoms with van der Waals surface area (Å²) >= 11 is 0. The molecule has 0 aliphatic carbocycles. The van der Waals surface area contributed by atoms with Crippen LogP contribution >= 0.6 is 0 Å². The Morgan fingerprint density at radius 3 is 1.76 bits per heavy atom.